The van der Waals surface area contributed by atoms with E-state index in [1.54, 1.807) is 0 Å². The second-order valence-electron chi connectivity index (χ2n) is 8.12. The van der Waals surface area contributed by atoms with Gasteiger partial charge >= 0.3 is 0 Å². The molecular formula is C29H27N2S+. The fourth-order valence-corrected chi connectivity index (χ4v) is 5.64. The van der Waals surface area contributed by atoms with Crippen molar-refractivity contribution in [1.29, 1.82) is 0 Å². The highest BCUT2D eigenvalue weighted by molar-refractivity contribution is 7.16. The lowest BCUT2D eigenvalue weighted by molar-refractivity contribution is -0.679. The van der Waals surface area contributed by atoms with Crippen LogP contribution in [0.15, 0.2) is 90.6 Å². The fraction of sp³-hybridized carbons (Fsp3) is 0.138. The molecule has 3 heteroatoms. The van der Waals surface area contributed by atoms with Crippen LogP contribution in [0.1, 0.15) is 23.1 Å². The summed E-state index contributed by atoms with van der Waals surface area (Å²) in [6, 6.07) is 28.1. The van der Waals surface area contributed by atoms with Crippen LogP contribution in [0, 0.1) is 6.92 Å². The number of benzene rings is 3. The number of rotatable bonds is 4. The van der Waals surface area contributed by atoms with Gasteiger partial charge in [-0.05, 0) is 55.3 Å². The molecule has 0 unspecified atom stereocenters. The highest BCUT2D eigenvalue weighted by Crippen LogP contribution is 2.37. The third-order valence-electron chi connectivity index (χ3n) is 5.99. The molecule has 5 rings (SSSR count). The van der Waals surface area contributed by atoms with Gasteiger partial charge in [0.1, 0.15) is 11.4 Å². The zero-order chi connectivity index (χ0) is 22.1. The number of hydrogen-bond acceptors (Lipinski definition) is 2. The van der Waals surface area contributed by atoms with Crippen LogP contribution in [0.4, 0.5) is 5.69 Å². The zero-order valence-electron chi connectivity index (χ0n) is 18.7. The summed E-state index contributed by atoms with van der Waals surface area (Å²) in [6.45, 7) is 5.29. The van der Waals surface area contributed by atoms with Gasteiger partial charge < -0.3 is 4.90 Å². The summed E-state index contributed by atoms with van der Waals surface area (Å²) in [4.78, 5) is 3.60. The largest absolute Gasteiger partial charge is 0.344 e. The summed E-state index contributed by atoms with van der Waals surface area (Å²) in [5.74, 6) is 0. The van der Waals surface area contributed by atoms with Crippen molar-refractivity contribution in [3.8, 4) is 21.7 Å². The first-order valence-electron chi connectivity index (χ1n) is 11.1. The maximum absolute atomic E-state index is 2.45. The Labute approximate surface area is 194 Å². The van der Waals surface area contributed by atoms with E-state index in [0.717, 1.165) is 6.54 Å². The Morgan fingerprint density at radius 2 is 1.56 bits per heavy atom. The van der Waals surface area contributed by atoms with E-state index >= 15 is 0 Å². The van der Waals surface area contributed by atoms with Gasteiger partial charge in [0.05, 0.1) is 0 Å². The Bertz CT molecular complexity index is 1310. The Kier molecular flexibility index (Phi) is 5.50. The Morgan fingerprint density at radius 3 is 2.25 bits per heavy atom. The lowest BCUT2D eigenvalue weighted by Gasteiger charge is -2.26. The molecule has 0 radical (unpaired) electrons. The van der Waals surface area contributed by atoms with Crippen LogP contribution in [-0.2, 0) is 6.54 Å². The lowest BCUT2D eigenvalue weighted by atomic mass is 10.0. The molecule has 158 valence electrons. The van der Waals surface area contributed by atoms with E-state index in [1.807, 2.05) is 11.3 Å². The summed E-state index contributed by atoms with van der Waals surface area (Å²) in [6.07, 6.45) is 6.78. The van der Waals surface area contributed by atoms with Crippen molar-refractivity contribution in [2.75, 3.05) is 11.9 Å². The highest BCUT2D eigenvalue weighted by atomic mass is 32.1. The van der Waals surface area contributed by atoms with Gasteiger partial charge in [0.15, 0.2) is 0 Å². The molecule has 0 atom stereocenters. The van der Waals surface area contributed by atoms with Gasteiger partial charge in [-0.3, -0.25) is 0 Å². The molecule has 0 amide bonds. The van der Waals surface area contributed by atoms with Gasteiger partial charge in [0, 0.05) is 30.1 Å². The van der Waals surface area contributed by atoms with Crippen molar-refractivity contribution < 1.29 is 4.57 Å². The van der Waals surface area contributed by atoms with E-state index in [0.29, 0.717) is 0 Å². The predicted molar refractivity (Wildman–Crippen MR) is 138 cm³/mol. The third-order valence-corrected chi connectivity index (χ3v) is 7.17. The Morgan fingerprint density at radius 1 is 0.875 bits per heavy atom. The van der Waals surface area contributed by atoms with E-state index < -0.39 is 0 Å². The molecule has 0 aliphatic carbocycles. The molecule has 0 saturated carbocycles. The first-order chi connectivity index (χ1) is 15.7. The van der Waals surface area contributed by atoms with Crippen molar-refractivity contribution in [2.24, 2.45) is 0 Å². The van der Waals surface area contributed by atoms with Gasteiger partial charge in [-0.2, -0.15) is 4.57 Å². The van der Waals surface area contributed by atoms with Crippen molar-refractivity contribution in [2.45, 2.75) is 20.4 Å². The summed E-state index contributed by atoms with van der Waals surface area (Å²) >= 11 is 1.86. The molecule has 1 aromatic heterocycles. The van der Waals surface area contributed by atoms with Crippen LogP contribution in [0.25, 0.3) is 33.9 Å². The normalized spacial score (nSPS) is 14.1. The van der Waals surface area contributed by atoms with Crippen LogP contribution >= 0.6 is 11.3 Å². The average Bonchev–Trinajstić information content (AvgIpc) is 3.20. The number of aromatic nitrogens is 1. The predicted octanol–water partition coefficient (Wildman–Crippen LogP) is 7.20. The number of likely N-dealkylation sites (N-methyl/N-ethyl adjacent to an activating group) is 1. The van der Waals surface area contributed by atoms with Crippen molar-refractivity contribution in [3.05, 3.63) is 107 Å². The monoisotopic (exact) mass is 435 g/mol. The van der Waals surface area contributed by atoms with Crippen molar-refractivity contribution in [1.82, 2.24) is 0 Å². The Hall–Kier alpha value is -3.43. The molecule has 0 N–H and O–H groups in total. The van der Waals surface area contributed by atoms with Crippen LogP contribution in [0.5, 0.6) is 0 Å². The minimum absolute atomic E-state index is 0.913. The molecule has 0 saturated heterocycles. The standard InChI is InChI=1S/C29H27N2S/c1-4-31-27(20-25-17-16-24-19-21(2)15-18-26(24)30(25)3)32-29(23-13-9-6-10-14-23)28(31)22-11-7-5-8-12-22/h5-20H,4H2,1-3H3/q+1. The molecule has 1 aliphatic heterocycles. The van der Waals surface area contributed by atoms with Gasteiger partial charge in [-0.25, -0.2) is 0 Å². The van der Waals surface area contributed by atoms with Crippen molar-refractivity contribution >= 4 is 29.2 Å². The van der Waals surface area contributed by atoms with Gasteiger partial charge in [0.25, 0.3) is 5.01 Å². The number of anilines is 1. The first kappa shape index (κ1) is 20.5. The molecule has 2 nitrogen and oxygen atoms in total. The summed E-state index contributed by atoms with van der Waals surface area (Å²) in [5.41, 5.74) is 8.80. The van der Waals surface area contributed by atoms with Crippen LogP contribution in [-0.4, -0.2) is 7.05 Å². The average molecular weight is 436 g/mol. The number of fused-ring (bicyclic) bond motifs is 1. The Balaban J connectivity index is 1.67. The second-order valence-corrected chi connectivity index (χ2v) is 9.15. The molecule has 0 bridgehead atoms. The first-order valence-corrected chi connectivity index (χ1v) is 11.9. The molecule has 0 spiro atoms. The number of nitrogens with zero attached hydrogens (tertiary/aromatic N) is 2. The second kappa shape index (κ2) is 8.60. The van der Waals surface area contributed by atoms with Gasteiger partial charge in [-0.15, -0.1) is 0 Å². The number of thiazole rings is 1. The van der Waals surface area contributed by atoms with Crippen LogP contribution < -0.4 is 9.47 Å². The van der Waals surface area contributed by atoms with Crippen LogP contribution in [0.3, 0.4) is 0 Å². The minimum Gasteiger partial charge on any atom is -0.344 e. The topological polar surface area (TPSA) is 7.12 Å². The maximum Gasteiger partial charge on any atom is 0.264 e. The van der Waals surface area contributed by atoms with E-state index in [9.17, 15) is 0 Å². The van der Waals surface area contributed by atoms with E-state index in [2.05, 4.69) is 127 Å². The fourth-order valence-electron chi connectivity index (χ4n) is 4.34. The molecular weight excluding hydrogens is 408 g/mol. The highest BCUT2D eigenvalue weighted by Gasteiger charge is 2.27. The van der Waals surface area contributed by atoms with E-state index in [-0.39, 0.29) is 0 Å². The van der Waals surface area contributed by atoms with Crippen molar-refractivity contribution in [3.63, 3.8) is 0 Å². The van der Waals surface area contributed by atoms with E-state index in [4.69, 9.17) is 0 Å². The SMILES string of the molecule is CC[n+]1c(/C=C2/C=Cc3cc(C)ccc3N2C)sc(-c2ccccc2)c1-c1ccccc1. The minimum atomic E-state index is 0.913. The molecule has 32 heavy (non-hydrogen) atoms. The molecule has 4 aromatic rings. The summed E-state index contributed by atoms with van der Waals surface area (Å²) in [5, 5.41) is 1.26. The molecule has 0 fully saturated rings. The maximum atomic E-state index is 2.45. The number of allylic oxidation sites excluding steroid dienone is 1. The summed E-state index contributed by atoms with van der Waals surface area (Å²) < 4.78 is 2.45. The number of hydrogen-bond donors (Lipinski definition) is 0. The zero-order valence-corrected chi connectivity index (χ0v) is 19.6. The number of aryl methyl sites for hydroxylation is 1. The van der Waals surface area contributed by atoms with Crippen LogP contribution in [0.2, 0.25) is 0 Å². The summed E-state index contributed by atoms with van der Waals surface area (Å²) in [7, 11) is 2.16. The van der Waals surface area contributed by atoms with Gasteiger partial charge in [-0.1, -0.05) is 77.6 Å². The molecule has 2 heterocycles. The molecule has 3 aromatic carbocycles. The quantitative estimate of drug-likeness (QED) is 0.307. The smallest absolute Gasteiger partial charge is 0.264 e. The lowest BCUT2D eigenvalue weighted by Crippen LogP contribution is -2.36. The van der Waals surface area contributed by atoms with Gasteiger partial charge in [0.2, 0.25) is 5.69 Å². The van der Waals surface area contributed by atoms with E-state index in [1.165, 1.54) is 49.2 Å². The third kappa shape index (κ3) is 3.69. The molecule has 1 aliphatic rings.